The van der Waals surface area contributed by atoms with E-state index in [0.717, 1.165) is 18.4 Å². The van der Waals surface area contributed by atoms with Crippen molar-refractivity contribution in [3.8, 4) is 0 Å². The van der Waals surface area contributed by atoms with Gasteiger partial charge in [-0.3, -0.25) is 4.79 Å². The zero-order chi connectivity index (χ0) is 17.9. The highest BCUT2D eigenvalue weighted by molar-refractivity contribution is 5.80. The monoisotopic (exact) mass is 349 g/mol. The molecule has 4 rings (SSSR count). The first-order valence-corrected chi connectivity index (χ1v) is 9.16. The normalized spacial score (nSPS) is 20.2. The van der Waals surface area contributed by atoms with Crippen molar-refractivity contribution in [2.24, 2.45) is 0 Å². The topological polar surface area (TPSA) is 61.4 Å². The summed E-state index contributed by atoms with van der Waals surface area (Å²) in [4.78, 5) is 26.9. The van der Waals surface area contributed by atoms with Crippen LogP contribution in [-0.2, 0) is 17.6 Å². The average molecular weight is 349 g/mol. The van der Waals surface area contributed by atoms with Crippen molar-refractivity contribution in [3.05, 3.63) is 71.3 Å². The summed E-state index contributed by atoms with van der Waals surface area (Å²) in [5.74, 6) is -0.0116. The molecule has 0 bridgehead atoms. The fourth-order valence-electron chi connectivity index (χ4n) is 3.96. The van der Waals surface area contributed by atoms with E-state index in [4.69, 9.17) is 0 Å². The van der Waals surface area contributed by atoms with E-state index in [9.17, 15) is 9.59 Å². The zero-order valence-electron chi connectivity index (χ0n) is 14.7. The van der Waals surface area contributed by atoms with Gasteiger partial charge in [-0.05, 0) is 29.5 Å². The first kappa shape index (κ1) is 16.6. The van der Waals surface area contributed by atoms with Crippen molar-refractivity contribution >= 4 is 11.9 Å². The summed E-state index contributed by atoms with van der Waals surface area (Å²) >= 11 is 0. The quantitative estimate of drug-likeness (QED) is 0.875. The van der Waals surface area contributed by atoms with Gasteiger partial charge in [0, 0.05) is 19.1 Å². The van der Waals surface area contributed by atoms with Crippen LogP contribution in [0.2, 0.25) is 0 Å². The lowest BCUT2D eigenvalue weighted by atomic mass is 10.0. The minimum atomic E-state index is -0.234. The summed E-state index contributed by atoms with van der Waals surface area (Å²) in [7, 11) is 0. The van der Waals surface area contributed by atoms with Crippen molar-refractivity contribution in [3.63, 3.8) is 0 Å². The summed E-state index contributed by atoms with van der Waals surface area (Å²) in [6.45, 7) is 0.997. The highest BCUT2D eigenvalue weighted by Gasteiger charge is 2.31. The highest BCUT2D eigenvalue weighted by Crippen LogP contribution is 2.27. The summed E-state index contributed by atoms with van der Waals surface area (Å²) in [5.41, 5.74) is 3.62. The van der Waals surface area contributed by atoms with Gasteiger partial charge in [0.25, 0.3) is 0 Å². The predicted molar refractivity (Wildman–Crippen MR) is 99.7 cm³/mol. The van der Waals surface area contributed by atoms with Crippen molar-refractivity contribution in [2.75, 3.05) is 13.1 Å². The molecule has 0 spiro atoms. The van der Waals surface area contributed by atoms with Crippen LogP contribution >= 0.6 is 0 Å². The summed E-state index contributed by atoms with van der Waals surface area (Å²) < 4.78 is 0. The number of carbonyl (C=O) groups is 2. The molecule has 1 aliphatic heterocycles. The van der Waals surface area contributed by atoms with E-state index >= 15 is 0 Å². The number of hydrogen-bond donors (Lipinski definition) is 2. The molecule has 1 fully saturated rings. The van der Waals surface area contributed by atoms with E-state index in [1.165, 1.54) is 11.1 Å². The average Bonchev–Trinajstić information content (AvgIpc) is 2.95. The van der Waals surface area contributed by atoms with Gasteiger partial charge in [-0.1, -0.05) is 54.6 Å². The van der Waals surface area contributed by atoms with Gasteiger partial charge in [-0.2, -0.15) is 0 Å². The molecule has 1 aliphatic carbocycles. The minimum Gasteiger partial charge on any atom is -0.354 e. The molecule has 26 heavy (non-hydrogen) atoms. The van der Waals surface area contributed by atoms with Crippen molar-refractivity contribution in [1.29, 1.82) is 0 Å². The lowest BCUT2D eigenvalue weighted by Gasteiger charge is -2.31. The van der Waals surface area contributed by atoms with Gasteiger partial charge in [-0.25, -0.2) is 4.79 Å². The number of amides is 3. The van der Waals surface area contributed by atoms with Crippen LogP contribution in [0.5, 0.6) is 0 Å². The Balaban J connectivity index is 1.50. The number of nitrogens with zero attached hydrogens (tertiary/aromatic N) is 1. The second kappa shape index (κ2) is 7.20. The molecule has 1 saturated heterocycles. The Kier molecular flexibility index (Phi) is 4.61. The third-order valence-corrected chi connectivity index (χ3v) is 5.25. The summed E-state index contributed by atoms with van der Waals surface area (Å²) in [5, 5.41) is 6.06. The fraction of sp³-hybridized carbons (Fsp3) is 0.333. The molecule has 2 aliphatic rings. The first-order chi connectivity index (χ1) is 12.7. The van der Waals surface area contributed by atoms with Gasteiger partial charge in [0.1, 0.15) is 0 Å². The van der Waals surface area contributed by atoms with Crippen LogP contribution in [0.25, 0.3) is 0 Å². The van der Waals surface area contributed by atoms with Crippen LogP contribution in [0.3, 0.4) is 0 Å². The number of urea groups is 1. The number of carbonyl (C=O) groups excluding carboxylic acids is 2. The third kappa shape index (κ3) is 3.43. The SMILES string of the molecule is O=C1CC(c2ccccc2)N(C(=O)NC2Cc3ccccc3C2)CCN1. The van der Waals surface area contributed by atoms with Crippen LogP contribution in [0.4, 0.5) is 4.79 Å². The standard InChI is InChI=1S/C21H23N3O2/c25-20-14-19(15-6-2-1-3-7-15)24(11-10-22-20)21(26)23-18-12-16-8-4-5-9-17(16)13-18/h1-9,18-19H,10-14H2,(H,22,25)(H,23,26). The molecule has 3 amide bonds. The second-order valence-corrected chi connectivity index (χ2v) is 7.00. The fourth-order valence-corrected chi connectivity index (χ4v) is 3.96. The molecule has 0 radical (unpaired) electrons. The highest BCUT2D eigenvalue weighted by atomic mass is 16.2. The van der Waals surface area contributed by atoms with Crippen molar-refractivity contribution in [2.45, 2.75) is 31.3 Å². The molecule has 1 heterocycles. The van der Waals surface area contributed by atoms with E-state index in [2.05, 4.69) is 22.8 Å². The van der Waals surface area contributed by atoms with E-state index in [1.807, 2.05) is 42.5 Å². The number of benzene rings is 2. The summed E-state index contributed by atoms with van der Waals surface area (Å²) in [6, 6.07) is 17.9. The molecular weight excluding hydrogens is 326 g/mol. The molecule has 2 aromatic rings. The van der Waals surface area contributed by atoms with E-state index in [0.29, 0.717) is 19.5 Å². The molecular formula is C21H23N3O2. The Morgan fingerprint density at radius 3 is 2.31 bits per heavy atom. The van der Waals surface area contributed by atoms with Crippen LogP contribution < -0.4 is 10.6 Å². The van der Waals surface area contributed by atoms with Crippen LogP contribution in [0.15, 0.2) is 54.6 Å². The molecule has 5 heteroatoms. The molecule has 5 nitrogen and oxygen atoms in total. The molecule has 134 valence electrons. The molecule has 0 aromatic heterocycles. The molecule has 1 unspecified atom stereocenters. The minimum absolute atomic E-state index is 0.0116. The largest absolute Gasteiger partial charge is 0.354 e. The zero-order valence-corrected chi connectivity index (χ0v) is 14.7. The lowest BCUT2D eigenvalue weighted by molar-refractivity contribution is -0.121. The Bertz CT molecular complexity index is 781. The van der Waals surface area contributed by atoms with Crippen LogP contribution in [0, 0.1) is 0 Å². The summed E-state index contributed by atoms with van der Waals surface area (Å²) in [6.07, 6.45) is 2.02. The lowest BCUT2D eigenvalue weighted by Crippen LogP contribution is -2.47. The van der Waals surface area contributed by atoms with Gasteiger partial charge in [-0.15, -0.1) is 0 Å². The Hall–Kier alpha value is -2.82. The maximum absolute atomic E-state index is 13.0. The Morgan fingerprint density at radius 1 is 0.962 bits per heavy atom. The van der Waals surface area contributed by atoms with Gasteiger partial charge < -0.3 is 15.5 Å². The van der Waals surface area contributed by atoms with Gasteiger partial charge in [0.2, 0.25) is 5.91 Å². The number of hydrogen-bond acceptors (Lipinski definition) is 2. The Morgan fingerprint density at radius 2 is 1.62 bits per heavy atom. The molecule has 2 N–H and O–H groups in total. The van der Waals surface area contributed by atoms with Gasteiger partial charge in [0.15, 0.2) is 0 Å². The van der Waals surface area contributed by atoms with Crippen LogP contribution in [0.1, 0.15) is 29.2 Å². The van der Waals surface area contributed by atoms with Crippen molar-refractivity contribution in [1.82, 2.24) is 15.5 Å². The van der Waals surface area contributed by atoms with Gasteiger partial charge in [0.05, 0.1) is 12.5 Å². The maximum atomic E-state index is 13.0. The maximum Gasteiger partial charge on any atom is 0.318 e. The van der Waals surface area contributed by atoms with E-state index < -0.39 is 0 Å². The van der Waals surface area contributed by atoms with E-state index in [1.54, 1.807) is 4.90 Å². The van der Waals surface area contributed by atoms with Crippen molar-refractivity contribution < 1.29 is 9.59 Å². The van der Waals surface area contributed by atoms with Gasteiger partial charge >= 0.3 is 6.03 Å². The predicted octanol–water partition coefficient (Wildman–Crippen LogP) is 2.43. The number of rotatable bonds is 2. The third-order valence-electron chi connectivity index (χ3n) is 5.25. The smallest absolute Gasteiger partial charge is 0.318 e. The molecule has 0 saturated carbocycles. The van der Waals surface area contributed by atoms with Crippen LogP contribution in [-0.4, -0.2) is 36.0 Å². The number of fused-ring (bicyclic) bond motifs is 1. The second-order valence-electron chi connectivity index (χ2n) is 7.00. The first-order valence-electron chi connectivity index (χ1n) is 9.16. The van der Waals surface area contributed by atoms with E-state index in [-0.39, 0.29) is 24.0 Å². The Labute approximate surface area is 153 Å². The molecule has 1 atom stereocenters. The number of nitrogens with one attached hydrogen (secondary N) is 2. The molecule has 2 aromatic carbocycles.